The maximum atomic E-state index is 5.76. The third-order valence-electron chi connectivity index (χ3n) is 2.51. The third-order valence-corrected chi connectivity index (χ3v) is 3.57. The molecule has 1 aliphatic carbocycles. The first-order valence-corrected chi connectivity index (χ1v) is 6.79. The Morgan fingerprint density at radius 2 is 2.00 bits per heavy atom. The lowest BCUT2D eigenvalue weighted by molar-refractivity contribution is -0.0136. The Kier molecular flexibility index (Phi) is 3.67. The monoisotopic (exact) mass is 239 g/mol. The van der Waals surface area contributed by atoms with Crippen molar-refractivity contribution in [3.05, 3.63) is 21.9 Å². The molecule has 1 aliphatic rings. The fourth-order valence-corrected chi connectivity index (χ4v) is 2.30. The van der Waals surface area contributed by atoms with Gasteiger partial charge in [0.2, 0.25) is 0 Å². The van der Waals surface area contributed by atoms with Gasteiger partial charge in [-0.15, -0.1) is 11.3 Å². The molecule has 0 saturated heterocycles. The molecular weight excluding hydrogens is 218 g/mol. The minimum atomic E-state index is -0.0452. The van der Waals surface area contributed by atoms with E-state index >= 15 is 0 Å². The van der Waals surface area contributed by atoms with E-state index in [1.165, 1.54) is 22.6 Å². The molecule has 0 unspecified atom stereocenters. The Hall–Kier alpha value is -0.380. The molecule has 0 aliphatic heterocycles. The summed E-state index contributed by atoms with van der Waals surface area (Å²) in [6.45, 7) is 8.03. The van der Waals surface area contributed by atoms with E-state index in [-0.39, 0.29) is 5.60 Å². The normalized spacial score (nSPS) is 16.7. The van der Waals surface area contributed by atoms with Crippen molar-refractivity contribution in [2.24, 2.45) is 0 Å². The maximum Gasteiger partial charge on any atom is 0.0816 e. The first-order chi connectivity index (χ1) is 7.53. The van der Waals surface area contributed by atoms with Crippen LogP contribution in [0.25, 0.3) is 0 Å². The molecule has 16 heavy (non-hydrogen) atoms. The molecule has 2 nitrogen and oxygen atoms in total. The molecule has 3 heteroatoms. The van der Waals surface area contributed by atoms with Crippen LogP contribution in [0.5, 0.6) is 0 Å². The quantitative estimate of drug-likeness (QED) is 0.851. The molecule has 90 valence electrons. The van der Waals surface area contributed by atoms with Crippen LogP contribution in [0.15, 0.2) is 12.1 Å². The van der Waals surface area contributed by atoms with E-state index in [1.807, 2.05) is 11.3 Å². The molecule has 0 amide bonds. The Morgan fingerprint density at radius 3 is 2.62 bits per heavy atom. The molecule has 1 heterocycles. The lowest BCUT2D eigenvalue weighted by Crippen LogP contribution is -2.18. The lowest BCUT2D eigenvalue weighted by Gasteiger charge is -2.18. The molecule has 0 atom stereocenters. The fourth-order valence-electron chi connectivity index (χ4n) is 1.41. The molecule has 0 aromatic carbocycles. The maximum absolute atomic E-state index is 5.76. The van der Waals surface area contributed by atoms with Gasteiger partial charge in [-0.2, -0.15) is 0 Å². The van der Waals surface area contributed by atoms with Crippen LogP contribution in [0.3, 0.4) is 0 Å². The summed E-state index contributed by atoms with van der Waals surface area (Å²) < 4.78 is 5.76. The topological polar surface area (TPSA) is 21.3 Å². The summed E-state index contributed by atoms with van der Waals surface area (Å²) >= 11 is 1.86. The summed E-state index contributed by atoms with van der Waals surface area (Å²) in [5.41, 5.74) is -0.0452. The number of rotatable bonds is 5. The zero-order valence-electron chi connectivity index (χ0n) is 10.4. The van der Waals surface area contributed by atoms with E-state index in [4.69, 9.17) is 4.74 Å². The summed E-state index contributed by atoms with van der Waals surface area (Å²) in [6, 6.07) is 5.18. The summed E-state index contributed by atoms with van der Waals surface area (Å²) in [4.78, 5) is 2.74. The first-order valence-electron chi connectivity index (χ1n) is 5.98. The summed E-state index contributed by atoms with van der Waals surface area (Å²) in [7, 11) is 0. The smallest absolute Gasteiger partial charge is 0.0816 e. The van der Waals surface area contributed by atoms with Gasteiger partial charge in [0.1, 0.15) is 0 Å². The van der Waals surface area contributed by atoms with Crippen LogP contribution >= 0.6 is 11.3 Å². The van der Waals surface area contributed by atoms with Crippen molar-refractivity contribution in [3.8, 4) is 0 Å². The van der Waals surface area contributed by atoms with Crippen LogP contribution in [-0.2, 0) is 17.9 Å². The van der Waals surface area contributed by atoms with E-state index in [1.54, 1.807) is 0 Å². The first kappa shape index (κ1) is 12.1. The number of hydrogen-bond acceptors (Lipinski definition) is 3. The minimum Gasteiger partial charge on any atom is -0.370 e. The highest BCUT2D eigenvalue weighted by Gasteiger charge is 2.20. The lowest BCUT2D eigenvalue weighted by atomic mass is 10.2. The van der Waals surface area contributed by atoms with Crippen molar-refractivity contribution in [2.75, 3.05) is 0 Å². The van der Waals surface area contributed by atoms with Crippen LogP contribution in [0, 0.1) is 0 Å². The van der Waals surface area contributed by atoms with Gasteiger partial charge in [-0.3, -0.25) is 0 Å². The molecule has 2 rings (SSSR count). The van der Waals surface area contributed by atoms with E-state index < -0.39 is 0 Å². The van der Waals surface area contributed by atoms with Gasteiger partial charge in [0, 0.05) is 22.3 Å². The Labute approximate surface area is 102 Å². The number of ether oxygens (including phenoxy) is 1. The highest BCUT2D eigenvalue weighted by Crippen LogP contribution is 2.23. The average Bonchev–Trinajstić information content (AvgIpc) is 2.91. The largest absolute Gasteiger partial charge is 0.370 e. The zero-order chi connectivity index (χ0) is 11.6. The van der Waals surface area contributed by atoms with Crippen LogP contribution in [0.1, 0.15) is 43.4 Å². The van der Waals surface area contributed by atoms with Crippen molar-refractivity contribution in [3.63, 3.8) is 0 Å². The van der Waals surface area contributed by atoms with Crippen molar-refractivity contribution in [1.82, 2.24) is 5.32 Å². The predicted octanol–water partition coefficient (Wildman–Crippen LogP) is 3.32. The molecule has 1 N–H and O–H groups in total. The predicted molar refractivity (Wildman–Crippen MR) is 68.7 cm³/mol. The molecular formula is C13H21NOS. The van der Waals surface area contributed by atoms with Crippen molar-refractivity contribution >= 4 is 11.3 Å². The SMILES string of the molecule is CC(C)(C)OCc1ccc(CNC2CC2)s1. The van der Waals surface area contributed by atoms with Gasteiger partial charge in [0.15, 0.2) is 0 Å². The van der Waals surface area contributed by atoms with Crippen molar-refractivity contribution in [2.45, 2.75) is 58.4 Å². The second-order valence-corrected chi connectivity index (χ2v) is 6.68. The van der Waals surface area contributed by atoms with Crippen molar-refractivity contribution in [1.29, 1.82) is 0 Å². The molecule has 1 aromatic rings. The van der Waals surface area contributed by atoms with Gasteiger partial charge in [-0.05, 0) is 45.7 Å². The molecule has 0 radical (unpaired) electrons. The Balaban J connectivity index is 1.77. The standard InChI is InChI=1S/C13H21NOS/c1-13(2,3)15-9-12-7-6-11(16-12)8-14-10-4-5-10/h6-7,10,14H,4-5,8-9H2,1-3H3. The van der Waals surface area contributed by atoms with Crippen LogP contribution in [0.4, 0.5) is 0 Å². The average molecular weight is 239 g/mol. The van der Waals surface area contributed by atoms with Gasteiger partial charge in [-0.1, -0.05) is 0 Å². The van der Waals surface area contributed by atoms with Gasteiger partial charge in [0.05, 0.1) is 12.2 Å². The number of nitrogens with one attached hydrogen (secondary N) is 1. The summed E-state index contributed by atoms with van der Waals surface area (Å²) in [5, 5.41) is 3.53. The highest BCUT2D eigenvalue weighted by atomic mass is 32.1. The number of hydrogen-bond donors (Lipinski definition) is 1. The minimum absolute atomic E-state index is 0.0452. The summed E-state index contributed by atoms with van der Waals surface area (Å²) in [6.07, 6.45) is 2.71. The van der Waals surface area contributed by atoms with Crippen molar-refractivity contribution < 1.29 is 4.74 Å². The number of thiophene rings is 1. The molecule has 1 fully saturated rings. The Morgan fingerprint density at radius 1 is 1.31 bits per heavy atom. The van der Waals surface area contributed by atoms with Crippen LogP contribution < -0.4 is 5.32 Å². The zero-order valence-corrected chi connectivity index (χ0v) is 11.2. The fraction of sp³-hybridized carbons (Fsp3) is 0.692. The van der Waals surface area contributed by atoms with E-state index in [0.717, 1.165) is 19.2 Å². The van der Waals surface area contributed by atoms with Gasteiger partial charge in [0.25, 0.3) is 0 Å². The second-order valence-electron chi connectivity index (χ2n) is 5.42. The summed E-state index contributed by atoms with van der Waals surface area (Å²) in [5.74, 6) is 0. The molecule has 0 bridgehead atoms. The van der Waals surface area contributed by atoms with Crippen LogP contribution in [-0.4, -0.2) is 11.6 Å². The Bertz CT molecular complexity index is 336. The van der Waals surface area contributed by atoms with Gasteiger partial charge >= 0.3 is 0 Å². The molecule has 0 spiro atoms. The van der Waals surface area contributed by atoms with E-state index in [2.05, 4.69) is 38.2 Å². The third kappa shape index (κ3) is 4.24. The van der Waals surface area contributed by atoms with Gasteiger partial charge in [-0.25, -0.2) is 0 Å². The van der Waals surface area contributed by atoms with E-state index in [9.17, 15) is 0 Å². The van der Waals surface area contributed by atoms with Crippen LogP contribution in [0.2, 0.25) is 0 Å². The molecule has 1 aromatic heterocycles. The van der Waals surface area contributed by atoms with E-state index in [0.29, 0.717) is 0 Å². The van der Waals surface area contributed by atoms with Gasteiger partial charge < -0.3 is 10.1 Å². The second kappa shape index (κ2) is 4.86. The molecule has 1 saturated carbocycles. The highest BCUT2D eigenvalue weighted by molar-refractivity contribution is 7.11.